The molecular formula is C21H26ClN3O3. The predicted octanol–water partition coefficient (Wildman–Crippen LogP) is 3.50. The first-order valence-electron chi connectivity index (χ1n) is 9.58. The second-order valence-corrected chi connectivity index (χ2v) is 7.37. The zero-order valence-electron chi connectivity index (χ0n) is 16.0. The summed E-state index contributed by atoms with van der Waals surface area (Å²) in [5, 5.41) is 3.59. The average molecular weight is 404 g/mol. The van der Waals surface area contributed by atoms with Gasteiger partial charge in [-0.1, -0.05) is 11.6 Å². The molecule has 1 aliphatic rings. The molecular weight excluding hydrogens is 378 g/mol. The fourth-order valence-corrected chi connectivity index (χ4v) is 3.51. The van der Waals surface area contributed by atoms with Crippen molar-refractivity contribution in [3.8, 4) is 11.5 Å². The van der Waals surface area contributed by atoms with Gasteiger partial charge in [-0.2, -0.15) is 0 Å². The van der Waals surface area contributed by atoms with E-state index in [1.165, 1.54) is 0 Å². The molecule has 1 aromatic heterocycles. The van der Waals surface area contributed by atoms with Crippen molar-refractivity contribution in [1.82, 2.24) is 10.3 Å². The van der Waals surface area contributed by atoms with E-state index in [0.717, 1.165) is 37.1 Å². The molecule has 150 valence electrons. The Morgan fingerprint density at radius 3 is 2.75 bits per heavy atom. The van der Waals surface area contributed by atoms with Crippen LogP contribution in [0, 0.1) is 6.92 Å². The van der Waals surface area contributed by atoms with E-state index >= 15 is 0 Å². The fraction of sp³-hybridized carbons (Fsp3) is 0.429. The highest BCUT2D eigenvalue weighted by molar-refractivity contribution is 6.31. The maximum Gasteiger partial charge on any atom is 0.255 e. The molecule has 2 aromatic rings. The number of hydrogen-bond donors (Lipinski definition) is 2. The molecule has 0 radical (unpaired) electrons. The van der Waals surface area contributed by atoms with Crippen LogP contribution in [0.3, 0.4) is 0 Å². The largest absolute Gasteiger partial charge is 0.491 e. The number of nitrogens with zero attached hydrogens (tertiary/aromatic N) is 1. The van der Waals surface area contributed by atoms with Crippen molar-refractivity contribution in [1.29, 1.82) is 0 Å². The Hall–Kier alpha value is -2.31. The highest BCUT2D eigenvalue weighted by atomic mass is 35.5. The molecule has 0 bridgehead atoms. The number of pyridine rings is 1. The third kappa shape index (κ3) is 5.36. The van der Waals surface area contributed by atoms with Crippen LogP contribution >= 0.6 is 11.6 Å². The Kier molecular flexibility index (Phi) is 7.12. The summed E-state index contributed by atoms with van der Waals surface area (Å²) in [7, 11) is 0. The van der Waals surface area contributed by atoms with E-state index in [4.69, 9.17) is 26.8 Å². The Morgan fingerprint density at radius 2 is 2.04 bits per heavy atom. The average Bonchev–Trinajstić information content (AvgIpc) is 2.70. The van der Waals surface area contributed by atoms with Crippen LogP contribution in [0.5, 0.6) is 11.5 Å². The van der Waals surface area contributed by atoms with Gasteiger partial charge >= 0.3 is 0 Å². The van der Waals surface area contributed by atoms with Gasteiger partial charge in [0.1, 0.15) is 18.1 Å². The van der Waals surface area contributed by atoms with Crippen molar-refractivity contribution in [2.45, 2.75) is 44.8 Å². The van der Waals surface area contributed by atoms with Crippen LogP contribution < -0.4 is 20.5 Å². The van der Waals surface area contributed by atoms with Gasteiger partial charge < -0.3 is 20.5 Å². The quantitative estimate of drug-likeness (QED) is 0.738. The molecule has 0 spiro atoms. The number of aromatic nitrogens is 1. The SMILES string of the molecule is Cc1ncccc1OC1CCC(NC(=O)c2cc(Cl)ccc2OCCN)CC1. The van der Waals surface area contributed by atoms with Crippen molar-refractivity contribution in [3.63, 3.8) is 0 Å². The Labute approximate surface area is 170 Å². The van der Waals surface area contributed by atoms with Crippen LogP contribution in [0.1, 0.15) is 41.7 Å². The number of aryl methyl sites for hydroxylation is 1. The van der Waals surface area contributed by atoms with E-state index in [9.17, 15) is 4.79 Å². The Bertz CT molecular complexity index is 807. The number of carbonyl (C=O) groups is 1. The number of hydrogen-bond acceptors (Lipinski definition) is 5. The van der Waals surface area contributed by atoms with E-state index in [1.54, 1.807) is 24.4 Å². The zero-order chi connectivity index (χ0) is 19.9. The lowest BCUT2D eigenvalue weighted by Gasteiger charge is -2.30. The van der Waals surface area contributed by atoms with Crippen molar-refractivity contribution >= 4 is 17.5 Å². The van der Waals surface area contributed by atoms with Gasteiger partial charge in [-0.3, -0.25) is 9.78 Å². The summed E-state index contributed by atoms with van der Waals surface area (Å²) in [5.41, 5.74) is 6.82. The summed E-state index contributed by atoms with van der Waals surface area (Å²) in [5.74, 6) is 1.15. The van der Waals surface area contributed by atoms with E-state index in [2.05, 4.69) is 10.3 Å². The van der Waals surface area contributed by atoms with Gasteiger partial charge in [0.25, 0.3) is 5.91 Å². The minimum Gasteiger partial charge on any atom is -0.491 e. The van der Waals surface area contributed by atoms with Crippen LogP contribution in [-0.2, 0) is 0 Å². The lowest BCUT2D eigenvalue weighted by molar-refractivity contribution is 0.0889. The zero-order valence-corrected chi connectivity index (χ0v) is 16.7. The van der Waals surface area contributed by atoms with E-state index in [-0.39, 0.29) is 18.1 Å². The number of rotatable bonds is 7. The van der Waals surface area contributed by atoms with Gasteiger partial charge in [-0.05, 0) is 62.9 Å². The Morgan fingerprint density at radius 1 is 1.25 bits per heavy atom. The fourth-order valence-electron chi connectivity index (χ4n) is 3.34. The van der Waals surface area contributed by atoms with Gasteiger partial charge in [0.15, 0.2) is 0 Å². The molecule has 0 atom stereocenters. The molecule has 3 N–H and O–H groups in total. The van der Waals surface area contributed by atoms with Gasteiger partial charge in [0.05, 0.1) is 17.4 Å². The van der Waals surface area contributed by atoms with Gasteiger partial charge in [-0.15, -0.1) is 0 Å². The second kappa shape index (κ2) is 9.75. The third-order valence-electron chi connectivity index (χ3n) is 4.82. The van der Waals surface area contributed by atoms with Crippen molar-refractivity contribution in [2.75, 3.05) is 13.2 Å². The summed E-state index contributed by atoms with van der Waals surface area (Å²) < 4.78 is 11.7. The topological polar surface area (TPSA) is 86.5 Å². The number of halogens is 1. The molecule has 3 rings (SSSR count). The first kappa shape index (κ1) is 20.4. The number of ether oxygens (including phenoxy) is 2. The van der Waals surface area contributed by atoms with Gasteiger partial charge in [-0.25, -0.2) is 0 Å². The number of nitrogens with one attached hydrogen (secondary N) is 1. The van der Waals surface area contributed by atoms with Crippen LogP contribution in [0.15, 0.2) is 36.5 Å². The number of nitrogens with two attached hydrogens (primary N) is 1. The predicted molar refractivity (Wildman–Crippen MR) is 109 cm³/mol. The first-order chi connectivity index (χ1) is 13.6. The molecule has 7 heteroatoms. The minimum atomic E-state index is -0.179. The van der Waals surface area contributed by atoms with E-state index < -0.39 is 0 Å². The normalized spacial score (nSPS) is 19.1. The number of amides is 1. The van der Waals surface area contributed by atoms with Crippen molar-refractivity contribution < 1.29 is 14.3 Å². The lowest BCUT2D eigenvalue weighted by Crippen LogP contribution is -2.40. The second-order valence-electron chi connectivity index (χ2n) is 6.93. The smallest absolute Gasteiger partial charge is 0.255 e. The molecule has 1 saturated carbocycles. The van der Waals surface area contributed by atoms with Crippen molar-refractivity contribution in [2.24, 2.45) is 5.73 Å². The van der Waals surface area contributed by atoms with E-state index in [1.807, 2.05) is 19.1 Å². The van der Waals surface area contributed by atoms with E-state index in [0.29, 0.717) is 29.5 Å². The molecule has 0 unspecified atom stereocenters. The highest BCUT2D eigenvalue weighted by Crippen LogP contribution is 2.27. The van der Waals surface area contributed by atoms with Gasteiger partial charge in [0.2, 0.25) is 0 Å². The Balaban J connectivity index is 1.55. The molecule has 1 fully saturated rings. The van der Waals surface area contributed by atoms with Crippen molar-refractivity contribution in [3.05, 3.63) is 52.8 Å². The molecule has 6 nitrogen and oxygen atoms in total. The molecule has 0 aliphatic heterocycles. The summed E-state index contributed by atoms with van der Waals surface area (Å²) in [6, 6.07) is 8.95. The molecule has 28 heavy (non-hydrogen) atoms. The van der Waals surface area contributed by atoms with Crippen LogP contribution in [0.4, 0.5) is 0 Å². The van der Waals surface area contributed by atoms with Crippen LogP contribution in [-0.4, -0.2) is 36.2 Å². The summed E-state index contributed by atoms with van der Waals surface area (Å²) in [6.45, 7) is 2.67. The first-order valence-corrected chi connectivity index (χ1v) is 9.96. The highest BCUT2D eigenvalue weighted by Gasteiger charge is 2.25. The van der Waals surface area contributed by atoms with Gasteiger partial charge in [0, 0.05) is 23.8 Å². The third-order valence-corrected chi connectivity index (χ3v) is 5.06. The summed E-state index contributed by atoms with van der Waals surface area (Å²) in [4.78, 5) is 17.0. The standard InChI is InChI=1S/C21H26ClN3O3/c1-14-19(3-2-11-24-14)28-17-7-5-16(6-8-17)25-21(26)18-13-15(22)4-9-20(18)27-12-10-23/h2-4,9,11,13,16-17H,5-8,10,12,23H2,1H3,(H,25,26). The number of carbonyl (C=O) groups excluding carboxylic acids is 1. The van der Waals surface area contributed by atoms with Crippen LogP contribution in [0.25, 0.3) is 0 Å². The summed E-state index contributed by atoms with van der Waals surface area (Å²) >= 11 is 6.06. The number of benzene rings is 1. The molecule has 0 saturated heterocycles. The molecule has 1 aliphatic carbocycles. The molecule has 1 aromatic carbocycles. The maximum absolute atomic E-state index is 12.7. The maximum atomic E-state index is 12.7. The van der Waals surface area contributed by atoms with Crippen LogP contribution in [0.2, 0.25) is 5.02 Å². The lowest BCUT2D eigenvalue weighted by atomic mass is 9.92. The molecule has 1 heterocycles. The summed E-state index contributed by atoms with van der Waals surface area (Å²) in [6.07, 6.45) is 5.38. The monoisotopic (exact) mass is 403 g/mol. The minimum absolute atomic E-state index is 0.101. The molecule has 1 amide bonds.